The van der Waals surface area contributed by atoms with Gasteiger partial charge in [0.25, 0.3) is 5.91 Å². The van der Waals surface area contributed by atoms with Gasteiger partial charge in [-0.15, -0.1) is 0 Å². The number of fused-ring (bicyclic) bond motifs is 1. The van der Waals surface area contributed by atoms with Gasteiger partial charge in [0.2, 0.25) is 0 Å². The van der Waals surface area contributed by atoms with E-state index < -0.39 is 0 Å². The number of carbonyl (C=O) groups is 1. The Morgan fingerprint density at radius 3 is 2.68 bits per heavy atom. The van der Waals surface area contributed by atoms with E-state index in [-0.39, 0.29) is 5.91 Å². The van der Waals surface area contributed by atoms with E-state index in [1.54, 1.807) is 31.4 Å². The van der Waals surface area contributed by atoms with Crippen LogP contribution in [0.15, 0.2) is 60.8 Å². The van der Waals surface area contributed by atoms with E-state index in [0.29, 0.717) is 17.0 Å². The topological polar surface area (TPSA) is 82.8 Å². The molecule has 0 fully saturated rings. The van der Waals surface area contributed by atoms with E-state index in [9.17, 15) is 4.79 Å². The third kappa shape index (κ3) is 2.85. The third-order valence-electron chi connectivity index (χ3n) is 4.03. The monoisotopic (exact) mass is 332 g/mol. The van der Waals surface area contributed by atoms with Crippen molar-refractivity contribution in [3.05, 3.63) is 66.4 Å². The van der Waals surface area contributed by atoms with Crippen molar-refractivity contribution < 1.29 is 9.53 Å². The van der Waals surface area contributed by atoms with Gasteiger partial charge in [-0.1, -0.05) is 0 Å². The summed E-state index contributed by atoms with van der Waals surface area (Å²) in [5.74, 6) is 0.541. The summed E-state index contributed by atoms with van der Waals surface area (Å²) in [6, 6.07) is 16.5. The number of rotatable bonds is 4. The van der Waals surface area contributed by atoms with Crippen LogP contribution in [0.5, 0.6) is 5.75 Å². The molecule has 124 valence electrons. The lowest BCUT2D eigenvalue weighted by molar-refractivity contribution is 0.102. The molecule has 0 spiro atoms. The molecule has 4 rings (SSSR count). The summed E-state index contributed by atoms with van der Waals surface area (Å²) in [4.78, 5) is 15.6. The summed E-state index contributed by atoms with van der Waals surface area (Å²) < 4.78 is 5.11. The molecule has 2 heterocycles. The lowest BCUT2D eigenvalue weighted by Crippen LogP contribution is -2.11. The predicted octanol–water partition coefficient (Wildman–Crippen LogP) is 3.82. The second kappa shape index (κ2) is 6.16. The van der Waals surface area contributed by atoms with Crippen LogP contribution in [-0.4, -0.2) is 28.2 Å². The highest BCUT2D eigenvalue weighted by atomic mass is 16.5. The molecule has 25 heavy (non-hydrogen) atoms. The van der Waals surface area contributed by atoms with Crippen LogP contribution in [0.25, 0.3) is 22.3 Å². The minimum absolute atomic E-state index is 0.174. The highest BCUT2D eigenvalue weighted by molar-refractivity contribution is 6.05. The van der Waals surface area contributed by atoms with Gasteiger partial charge in [-0.2, -0.15) is 5.10 Å². The summed E-state index contributed by atoms with van der Waals surface area (Å²) in [6.45, 7) is 0. The van der Waals surface area contributed by atoms with Gasteiger partial charge in [0.05, 0.1) is 18.3 Å². The van der Waals surface area contributed by atoms with Crippen LogP contribution in [0.3, 0.4) is 0 Å². The van der Waals surface area contributed by atoms with Gasteiger partial charge in [0.1, 0.15) is 11.4 Å². The van der Waals surface area contributed by atoms with Crippen LogP contribution in [0, 0.1) is 0 Å². The zero-order valence-electron chi connectivity index (χ0n) is 13.5. The summed E-state index contributed by atoms with van der Waals surface area (Å²) in [7, 11) is 1.59. The van der Waals surface area contributed by atoms with Gasteiger partial charge in [-0.3, -0.25) is 9.89 Å². The number of amides is 1. The van der Waals surface area contributed by atoms with Crippen LogP contribution < -0.4 is 10.1 Å². The zero-order valence-corrected chi connectivity index (χ0v) is 13.5. The molecular weight excluding hydrogens is 316 g/mol. The van der Waals surface area contributed by atoms with Crippen LogP contribution in [0.4, 0.5) is 5.69 Å². The van der Waals surface area contributed by atoms with Gasteiger partial charge in [-0.05, 0) is 54.6 Å². The number of carbonyl (C=O) groups excluding carboxylic acids is 1. The first-order valence-corrected chi connectivity index (χ1v) is 7.82. The Bertz CT molecular complexity index is 1020. The number of aromatic amines is 2. The average Bonchev–Trinajstić information content (AvgIpc) is 3.30. The lowest BCUT2D eigenvalue weighted by Gasteiger charge is -2.06. The standard InChI is InChI=1S/C19H16N4O2/c1-25-14-7-4-12(5-8-14)19(24)21-13-6-9-16-15(11-13)18(23-22-16)17-3-2-10-20-17/h2-11,20H,1H3,(H,21,24)(H,22,23). The molecular formula is C19H16N4O2. The molecule has 3 N–H and O–H groups in total. The number of H-pyrrole nitrogens is 2. The Kier molecular flexibility index (Phi) is 3.70. The van der Waals surface area contributed by atoms with Crippen molar-refractivity contribution in [2.45, 2.75) is 0 Å². The number of ether oxygens (including phenoxy) is 1. The molecule has 1 amide bonds. The molecule has 2 aromatic carbocycles. The van der Waals surface area contributed by atoms with E-state index in [0.717, 1.165) is 22.3 Å². The molecule has 0 aliphatic heterocycles. The van der Waals surface area contributed by atoms with Crippen LogP contribution in [0.2, 0.25) is 0 Å². The van der Waals surface area contributed by atoms with Crippen molar-refractivity contribution in [1.29, 1.82) is 0 Å². The van der Waals surface area contributed by atoms with Gasteiger partial charge < -0.3 is 15.0 Å². The second-order valence-corrected chi connectivity index (χ2v) is 5.60. The number of aromatic nitrogens is 3. The summed E-state index contributed by atoms with van der Waals surface area (Å²) in [6.07, 6.45) is 1.85. The first kappa shape index (κ1) is 15.0. The van der Waals surface area contributed by atoms with E-state index in [1.807, 2.05) is 36.5 Å². The maximum atomic E-state index is 12.4. The molecule has 0 atom stereocenters. The van der Waals surface area contributed by atoms with E-state index >= 15 is 0 Å². The van der Waals surface area contributed by atoms with E-state index in [4.69, 9.17) is 4.74 Å². The molecule has 4 aromatic rings. The molecule has 0 aliphatic carbocycles. The highest BCUT2D eigenvalue weighted by Gasteiger charge is 2.11. The fourth-order valence-corrected chi connectivity index (χ4v) is 2.72. The maximum Gasteiger partial charge on any atom is 0.255 e. The second-order valence-electron chi connectivity index (χ2n) is 5.60. The maximum absolute atomic E-state index is 12.4. The predicted molar refractivity (Wildman–Crippen MR) is 96.8 cm³/mol. The smallest absolute Gasteiger partial charge is 0.255 e. The number of nitrogens with one attached hydrogen (secondary N) is 3. The van der Waals surface area contributed by atoms with Crippen molar-refractivity contribution in [2.24, 2.45) is 0 Å². The van der Waals surface area contributed by atoms with Crippen molar-refractivity contribution in [3.8, 4) is 17.1 Å². The number of hydrogen-bond donors (Lipinski definition) is 3. The Balaban J connectivity index is 1.62. The van der Waals surface area contributed by atoms with Crippen molar-refractivity contribution in [3.63, 3.8) is 0 Å². The van der Waals surface area contributed by atoms with E-state index in [1.165, 1.54) is 0 Å². The van der Waals surface area contributed by atoms with Crippen molar-refractivity contribution in [2.75, 3.05) is 12.4 Å². The van der Waals surface area contributed by atoms with Crippen LogP contribution >= 0.6 is 0 Å². The molecule has 0 bridgehead atoms. The number of nitrogens with zero attached hydrogens (tertiary/aromatic N) is 1. The van der Waals surface area contributed by atoms with Gasteiger partial charge in [0, 0.05) is 22.8 Å². The third-order valence-corrected chi connectivity index (χ3v) is 4.03. The minimum atomic E-state index is -0.174. The lowest BCUT2D eigenvalue weighted by atomic mass is 10.1. The number of anilines is 1. The van der Waals surface area contributed by atoms with Crippen molar-refractivity contribution in [1.82, 2.24) is 15.2 Å². The van der Waals surface area contributed by atoms with Gasteiger partial charge >= 0.3 is 0 Å². The molecule has 0 saturated heterocycles. The largest absolute Gasteiger partial charge is 0.497 e. The molecule has 0 radical (unpaired) electrons. The van der Waals surface area contributed by atoms with Crippen LogP contribution in [0.1, 0.15) is 10.4 Å². The summed E-state index contributed by atoms with van der Waals surface area (Å²) in [5.41, 5.74) is 3.93. The van der Waals surface area contributed by atoms with Gasteiger partial charge in [-0.25, -0.2) is 0 Å². The Hall–Kier alpha value is -3.54. The first-order valence-electron chi connectivity index (χ1n) is 7.82. The Morgan fingerprint density at radius 1 is 1.12 bits per heavy atom. The molecule has 6 nitrogen and oxygen atoms in total. The Morgan fingerprint density at radius 2 is 1.96 bits per heavy atom. The molecule has 6 heteroatoms. The highest BCUT2D eigenvalue weighted by Crippen LogP contribution is 2.27. The Labute approximate surface area is 143 Å². The zero-order chi connectivity index (χ0) is 17.2. The normalized spacial score (nSPS) is 10.8. The minimum Gasteiger partial charge on any atom is -0.497 e. The molecule has 0 unspecified atom stereocenters. The summed E-state index contributed by atoms with van der Waals surface area (Å²) >= 11 is 0. The quantitative estimate of drug-likeness (QED) is 0.531. The van der Waals surface area contributed by atoms with Crippen molar-refractivity contribution >= 4 is 22.5 Å². The number of methoxy groups -OCH3 is 1. The first-order chi connectivity index (χ1) is 12.2. The number of hydrogen-bond acceptors (Lipinski definition) is 3. The van der Waals surface area contributed by atoms with E-state index in [2.05, 4.69) is 20.5 Å². The number of benzene rings is 2. The molecule has 0 saturated carbocycles. The fraction of sp³-hybridized carbons (Fsp3) is 0.0526. The fourth-order valence-electron chi connectivity index (χ4n) is 2.72. The average molecular weight is 332 g/mol. The van der Waals surface area contributed by atoms with Gasteiger partial charge in [0.15, 0.2) is 0 Å². The molecule has 0 aliphatic rings. The molecule has 2 aromatic heterocycles. The SMILES string of the molecule is COc1ccc(C(=O)Nc2ccc3[nH]nc(-c4ccc[nH]4)c3c2)cc1. The van der Waals surface area contributed by atoms with Crippen LogP contribution in [-0.2, 0) is 0 Å². The summed E-state index contributed by atoms with van der Waals surface area (Å²) in [5, 5.41) is 11.2.